The van der Waals surface area contributed by atoms with E-state index >= 15 is 0 Å². The Labute approximate surface area is 310 Å². The number of hydrogen-bond donors (Lipinski definition) is 3. The molecule has 3 aromatic carbocycles. The predicted octanol–water partition coefficient (Wildman–Crippen LogP) is 4.63. The summed E-state index contributed by atoms with van der Waals surface area (Å²) in [5.74, 6) is 1.37. The molecule has 2 aliphatic heterocycles. The molecule has 14 nitrogen and oxygen atoms in total. The minimum absolute atomic E-state index is 0.00480. The van der Waals surface area contributed by atoms with Crippen molar-refractivity contribution < 1.29 is 51.5 Å². The molecule has 1 fully saturated rings. The monoisotopic (exact) mass is 755 g/mol. The molecule has 0 spiro atoms. The Morgan fingerprint density at radius 3 is 2.47 bits per heavy atom. The van der Waals surface area contributed by atoms with Gasteiger partial charge in [0.25, 0.3) is 0 Å². The Morgan fingerprint density at radius 2 is 1.75 bits per heavy atom. The van der Waals surface area contributed by atoms with Crippen LogP contribution in [0.3, 0.4) is 0 Å². The molecule has 0 aliphatic carbocycles. The second-order valence-electron chi connectivity index (χ2n) is 13.8. The maximum absolute atomic E-state index is 14.3. The van der Waals surface area contributed by atoms with Crippen molar-refractivity contribution in [3.8, 4) is 17.2 Å². The Morgan fingerprint density at radius 1 is 1.00 bits per heavy atom. The van der Waals surface area contributed by atoms with Crippen LogP contribution in [0.5, 0.6) is 17.2 Å². The molecule has 1 saturated heterocycles. The van der Waals surface area contributed by atoms with Crippen LogP contribution in [0.2, 0.25) is 0 Å². The summed E-state index contributed by atoms with van der Waals surface area (Å²) in [7, 11) is -2.75. The van der Waals surface area contributed by atoms with E-state index < -0.39 is 45.9 Å². The fourth-order valence-corrected chi connectivity index (χ4v) is 7.72. The summed E-state index contributed by atoms with van der Waals surface area (Å²) in [6, 6.07) is 20.5. The van der Waals surface area contributed by atoms with E-state index in [1.807, 2.05) is 68.4 Å². The zero-order chi connectivity index (χ0) is 37.8. The highest BCUT2D eigenvalue weighted by Gasteiger charge is 2.36. The third kappa shape index (κ3) is 11.7. The van der Waals surface area contributed by atoms with Crippen LogP contribution in [0.1, 0.15) is 44.2 Å². The molecule has 288 valence electrons. The Bertz CT molecular complexity index is 1750. The first-order chi connectivity index (χ1) is 25.4. The molecule has 3 atom stereocenters. The van der Waals surface area contributed by atoms with Crippen LogP contribution in [0.25, 0.3) is 0 Å². The molecule has 5 rings (SSSR count). The van der Waals surface area contributed by atoms with Crippen LogP contribution in [-0.2, 0) is 37.3 Å². The zero-order valence-electron chi connectivity index (χ0n) is 30.3. The van der Waals surface area contributed by atoms with Gasteiger partial charge < -0.3 is 44.2 Å². The number of carbonyl (C=O) groups excluding carboxylic acids is 2. The average Bonchev–Trinajstić information content (AvgIpc) is 3.85. The molecule has 0 bridgehead atoms. The molecule has 0 saturated carbocycles. The van der Waals surface area contributed by atoms with Crippen LogP contribution >= 0.6 is 0 Å². The number of carbonyl (C=O) groups is 2. The van der Waals surface area contributed by atoms with Crippen molar-refractivity contribution in [2.24, 2.45) is 5.41 Å². The SMILES string of the molecule is CNC(=O)OCCCC(C)(C)CN(C[C@@H](O)[C@H](Cc1ccc(OCc2ccccc2)cc1)NC(=O)OC1CCOC1)S(=O)(=O)c1ccc2c(c1)OCO2. The van der Waals surface area contributed by atoms with Crippen LogP contribution in [0, 0.1) is 5.41 Å². The number of nitrogens with one attached hydrogen (secondary N) is 2. The van der Waals surface area contributed by atoms with Crippen molar-refractivity contribution in [1.82, 2.24) is 14.9 Å². The van der Waals surface area contributed by atoms with Crippen molar-refractivity contribution in [3.63, 3.8) is 0 Å². The van der Waals surface area contributed by atoms with Gasteiger partial charge in [-0.25, -0.2) is 18.0 Å². The maximum Gasteiger partial charge on any atom is 0.407 e. The van der Waals surface area contributed by atoms with Gasteiger partial charge in [-0.05, 0) is 60.1 Å². The highest BCUT2D eigenvalue weighted by atomic mass is 32.2. The van der Waals surface area contributed by atoms with Gasteiger partial charge in [-0.15, -0.1) is 0 Å². The lowest BCUT2D eigenvalue weighted by Crippen LogP contribution is -2.52. The summed E-state index contributed by atoms with van der Waals surface area (Å²) in [6.07, 6.45) is -1.39. The van der Waals surface area contributed by atoms with Crippen LogP contribution < -0.4 is 24.8 Å². The van der Waals surface area contributed by atoms with Crippen LogP contribution in [0.15, 0.2) is 77.7 Å². The first-order valence-corrected chi connectivity index (χ1v) is 19.1. The van der Waals surface area contributed by atoms with Crippen molar-refractivity contribution in [2.45, 2.75) is 69.3 Å². The highest BCUT2D eigenvalue weighted by molar-refractivity contribution is 7.89. The van der Waals surface area contributed by atoms with E-state index in [0.717, 1.165) is 11.1 Å². The van der Waals surface area contributed by atoms with Crippen LogP contribution in [-0.4, -0.2) is 95.0 Å². The fraction of sp³-hybridized carbons (Fsp3) is 0.474. The smallest absolute Gasteiger partial charge is 0.407 e. The predicted molar refractivity (Wildman–Crippen MR) is 194 cm³/mol. The standard InChI is InChI=1S/C38H49N3O11S/c1-38(2,17-7-18-48-36(43)39-3)25-41(53(45,46)31-14-15-34-35(21-31)51-26-50-34)22-33(42)32(40-37(44)52-30-16-19-47-24-30)20-27-10-12-29(13-11-27)49-23-28-8-5-4-6-9-28/h4-6,8-15,21,30,32-33,42H,7,16-20,22-26H2,1-3H3,(H,39,43)(H,40,44)/t30?,32-,33+/m0/s1. The van der Waals surface area contributed by atoms with Gasteiger partial charge in [0.15, 0.2) is 11.5 Å². The number of ether oxygens (including phenoxy) is 6. The number of alkyl carbamates (subject to hydrolysis) is 2. The highest BCUT2D eigenvalue weighted by Crippen LogP contribution is 2.36. The van der Waals surface area contributed by atoms with E-state index in [1.165, 1.54) is 29.6 Å². The van der Waals surface area contributed by atoms with Gasteiger partial charge in [0.2, 0.25) is 16.8 Å². The van der Waals surface area contributed by atoms with Gasteiger partial charge in [0.05, 0.1) is 36.9 Å². The summed E-state index contributed by atoms with van der Waals surface area (Å²) in [5, 5.41) is 17.0. The number of rotatable bonds is 18. The van der Waals surface area contributed by atoms with Crippen molar-refractivity contribution in [3.05, 3.63) is 83.9 Å². The Kier molecular flexibility index (Phi) is 13.8. The number of amides is 2. The van der Waals surface area contributed by atoms with E-state index in [9.17, 15) is 23.1 Å². The van der Waals surface area contributed by atoms with Crippen molar-refractivity contribution >= 4 is 22.2 Å². The number of fused-ring (bicyclic) bond motifs is 1. The largest absolute Gasteiger partial charge is 0.489 e. The van der Waals surface area contributed by atoms with Gasteiger partial charge in [0.1, 0.15) is 18.5 Å². The molecule has 2 aliphatic rings. The number of nitrogens with zero attached hydrogens (tertiary/aromatic N) is 1. The number of benzene rings is 3. The quantitative estimate of drug-likeness (QED) is 0.155. The van der Waals surface area contributed by atoms with Crippen molar-refractivity contribution in [2.75, 3.05) is 46.8 Å². The zero-order valence-corrected chi connectivity index (χ0v) is 31.1. The first-order valence-electron chi connectivity index (χ1n) is 17.6. The second kappa shape index (κ2) is 18.5. The fourth-order valence-electron chi connectivity index (χ4n) is 6.06. The molecule has 2 amide bonds. The summed E-state index contributed by atoms with van der Waals surface area (Å²) in [4.78, 5) is 24.6. The topological polar surface area (TPSA) is 171 Å². The lowest BCUT2D eigenvalue weighted by Gasteiger charge is -2.35. The summed E-state index contributed by atoms with van der Waals surface area (Å²) in [5.41, 5.74) is 1.18. The molecule has 0 radical (unpaired) electrons. The molecular weight excluding hydrogens is 706 g/mol. The van der Waals surface area contributed by atoms with Gasteiger partial charge in [-0.3, -0.25) is 0 Å². The Balaban J connectivity index is 1.35. The van der Waals surface area contributed by atoms with E-state index in [-0.39, 0.29) is 44.4 Å². The van der Waals surface area contributed by atoms with Gasteiger partial charge in [-0.1, -0.05) is 56.3 Å². The lowest BCUT2D eigenvalue weighted by atomic mass is 9.87. The third-order valence-electron chi connectivity index (χ3n) is 8.97. The number of aliphatic hydroxyl groups excluding tert-OH is 1. The van der Waals surface area contributed by atoms with E-state index in [4.69, 9.17) is 28.4 Å². The normalized spacial score (nSPS) is 16.5. The van der Waals surface area contributed by atoms with Gasteiger partial charge in [0, 0.05) is 32.6 Å². The molecule has 3 N–H and O–H groups in total. The molecule has 2 heterocycles. The van der Waals surface area contributed by atoms with Crippen molar-refractivity contribution in [1.29, 1.82) is 0 Å². The molecule has 53 heavy (non-hydrogen) atoms. The number of sulfonamides is 1. The summed E-state index contributed by atoms with van der Waals surface area (Å²) >= 11 is 0. The minimum atomic E-state index is -4.22. The van der Waals surface area contributed by atoms with Gasteiger partial charge >= 0.3 is 12.2 Å². The van der Waals surface area contributed by atoms with Crippen LogP contribution in [0.4, 0.5) is 9.59 Å². The Hall–Kier alpha value is -4.57. The van der Waals surface area contributed by atoms with E-state index in [0.29, 0.717) is 49.7 Å². The number of aliphatic hydroxyl groups is 1. The average molecular weight is 756 g/mol. The minimum Gasteiger partial charge on any atom is -0.489 e. The molecule has 15 heteroatoms. The molecule has 0 aromatic heterocycles. The summed E-state index contributed by atoms with van der Waals surface area (Å²) in [6.45, 7) is 4.72. The maximum atomic E-state index is 14.3. The summed E-state index contributed by atoms with van der Waals surface area (Å²) < 4.78 is 62.7. The number of hydrogen-bond acceptors (Lipinski definition) is 11. The molecule has 1 unspecified atom stereocenters. The van der Waals surface area contributed by atoms with E-state index in [2.05, 4.69) is 10.6 Å². The molecule has 3 aromatic rings. The van der Waals surface area contributed by atoms with E-state index in [1.54, 1.807) is 0 Å². The first kappa shape index (κ1) is 39.6. The van der Waals surface area contributed by atoms with Gasteiger partial charge in [-0.2, -0.15) is 4.31 Å². The second-order valence-corrected chi connectivity index (χ2v) is 15.7. The lowest BCUT2D eigenvalue weighted by molar-refractivity contribution is 0.0621. The third-order valence-corrected chi connectivity index (χ3v) is 10.8. The molecular formula is C38H49N3O11S.